The summed E-state index contributed by atoms with van der Waals surface area (Å²) in [5.74, 6) is 3.76. The topological polar surface area (TPSA) is 183 Å². The summed E-state index contributed by atoms with van der Waals surface area (Å²) in [5.41, 5.74) is 14.5. The normalized spacial score (nSPS) is 14.9. The van der Waals surface area contributed by atoms with Gasteiger partial charge in [-0.05, 0) is 115 Å². The highest BCUT2D eigenvalue weighted by Gasteiger charge is 2.31. The van der Waals surface area contributed by atoms with Gasteiger partial charge in [-0.25, -0.2) is 0 Å². The van der Waals surface area contributed by atoms with Gasteiger partial charge in [0.15, 0.2) is 27.2 Å². The average molecular weight is 1030 g/mol. The summed E-state index contributed by atoms with van der Waals surface area (Å²) < 4.78 is 43.3. The van der Waals surface area contributed by atoms with Crippen molar-refractivity contribution in [3.63, 3.8) is 0 Å². The Hall–Kier alpha value is -5.38. The molecule has 0 radical (unpaired) electrons. The molecular weight excluding hydrogens is 963 g/mol. The predicted molar refractivity (Wildman–Crippen MR) is 268 cm³/mol. The Bertz CT molecular complexity index is 2380. The van der Waals surface area contributed by atoms with Crippen LogP contribution in [0.25, 0.3) is 16.7 Å². The monoisotopic (exact) mass is 1030 g/mol. The maximum Gasteiger partial charge on any atom is 0.492 e. The number of halogens is 1. The van der Waals surface area contributed by atoms with Crippen molar-refractivity contribution < 1.29 is 67.1 Å². The van der Waals surface area contributed by atoms with Gasteiger partial charge in [0.1, 0.15) is 23.0 Å². The van der Waals surface area contributed by atoms with Gasteiger partial charge in [-0.15, -0.1) is 0 Å². The summed E-state index contributed by atoms with van der Waals surface area (Å²) in [4.78, 5) is 32.5. The van der Waals surface area contributed by atoms with Crippen LogP contribution in [0.4, 0.5) is 0 Å². The molecule has 2 N–H and O–H groups in total. The van der Waals surface area contributed by atoms with Gasteiger partial charge >= 0.3 is 19.4 Å². The highest BCUT2D eigenvalue weighted by atomic mass is 79.9. The van der Waals surface area contributed by atoms with Crippen molar-refractivity contribution >= 4 is 57.5 Å². The van der Waals surface area contributed by atoms with Crippen LogP contribution < -0.4 is 24.4 Å². The first-order chi connectivity index (χ1) is 34.0. The van der Waals surface area contributed by atoms with E-state index in [0.717, 1.165) is 35.8 Å². The third-order valence-electron chi connectivity index (χ3n) is 12.4. The average Bonchev–Trinajstić information content (AvgIpc) is 3.91. The molecule has 376 valence electrons. The second-order valence-electron chi connectivity index (χ2n) is 17.2. The summed E-state index contributed by atoms with van der Waals surface area (Å²) in [6.45, 7) is 4.89. The van der Waals surface area contributed by atoms with E-state index >= 15 is 0 Å². The van der Waals surface area contributed by atoms with Crippen LogP contribution in [0.15, 0.2) is 77.3 Å². The fourth-order valence-electron chi connectivity index (χ4n) is 9.45. The summed E-state index contributed by atoms with van der Waals surface area (Å²) in [6.07, 6.45) is 16.1. The van der Waals surface area contributed by atoms with Gasteiger partial charge < -0.3 is 47.9 Å². The standard InChI is InChI=1S/C26H32O4.C16H19Br.C10H15BO6.2CO2/c1-18-9-11-22-20(13-18)14-24(26(22)19-7-5-4-6-8-19)23-12-10-21(29-16-27-2)15-25(23)30-17-28-3;1-11-7-8-14-13(9-11)10-15(17)16(14)12-5-3-2-4-6-12;1-14-6-16-8-3-4-9(11(12)13)10(5-8)17-7-15-2;2*2-1-3/h9-13,15,19H,4-8,14,16-17H2,1-3H3;7-9,12H,2-6,10H2,1H3;3-5,12-13H,6-7H2,1-2H3;;. The first-order valence-electron chi connectivity index (χ1n) is 23.4. The second-order valence-corrected chi connectivity index (χ2v) is 18.1. The summed E-state index contributed by atoms with van der Waals surface area (Å²) in [6, 6.07) is 24.6. The first-order valence-corrected chi connectivity index (χ1v) is 24.2. The number of fused-ring (bicyclic) bond motifs is 2. The van der Waals surface area contributed by atoms with Crippen LogP contribution in [0.1, 0.15) is 103 Å². The number of ether oxygens (including phenoxy) is 8. The van der Waals surface area contributed by atoms with Gasteiger partial charge in [-0.1, -0.05) is 108 Å². The largest absolute Gasteiger partial charge is 0.492 e. The highest BCUT2D eigenvalue weighted by molar-refractivity contribution is 9.11. The smallest absolute Gasteiger partial charge is 0.468 e. The van der Waals surface area contributed by atoms with E-state index in [1.165, 1.54) is 140 Å². The molecule has 2 fully saturated rings. The third kappa shape index (κ3) is 16.9. The van der Waals surface area contributed by atoms with Crippen molar-refractivity contribution in [3.8, 4) is 23.0 Å². The molecule has 4 aliphatic rings. The van der Waals surface area contributed by atoms with Crippen LogP contribution in [0, 0.1) is 25.7 Å². The molecule has 16 heteroatoms. The Morgan fingerprint density at radius 1 is 0.529 bits per heavy atom. The van der Waals surface area contributed by atoms with Gasteiger partial charge in [-0.3, -0.25) is 0 Å². The maximum atomic E-state index is 9.14. The SMILES string of the molecule is COCOc1ccc(B(O)O)c(OCOC)c1.COCOc1ccc(C2=C(C3CCCCC3)c3ccc(C)cc3C2)c(OCOC)c1.Cc1ccc2c(c1)CC(Br)=C2C1CCCCC1.O=C=O.O=C=O. The number of methoxy groups -OCH3 is 4. The quantitative estimate of drug-likeness (QED) is 0.0800. The summed E-state index contributed by atoms with van der Waals surface area (Å²) in [7, 11) is 4.63. The molecule has 0 spiro atoms. The zero-order valence-corrected chi connectivity index (χ0v) is 42.7. The van der Waals surface area contributed by atoms with Crippen molar-refractivity contribution in [1.29, 1.82) is 0 Å². The molecule has 0 unspecified atom stereocenters. The molecule has 4 aliphatic carbocycles. The minimum absolute atomic E-state index is 0.00739. The van der Waals surface area contributed by atoms with Crippen LogP contribution in [0.5, 0.6) is 23.0 Å². The molecule has 0 amide bonds. The van der Waals surface area contributed by atoms with Gasteiger partial charge in [0.25, 0.3) is 0 Å². The van der Waals surface area contributed by atoms with E-state index in [1.54, 1.807) is 25.9 Å². The van der Waals surface area contributed by atoms with E-state index < -0.39 is 7.12 Å². The van der Waals surface area contributed by atoms with Crippen molar-refractivity contribution in [1.82, 2.24) is 0 Å². The van der Waals surface area contributed by atoms with Crippen LogP contribution in [-0.2, 0) is 51.0 Å². The Labute approximate surface area is 420 Å². The highest BCUT2D eigenvalue weighted by Crippen LogP contribution is 2.49. The Morgan fingerprint density at radius 3 is 1.44 bits per heavy atom. The summed E-state index contributed by atoms with van der Waals surface area (Å²) >= 11 is 3.83. The first kappa shape index (κ1) is 57.2. The van der Waals surface area contributed by atoms with Crippen LogP contribution >= 0.6 is 15.9 Å². The van der Waals surface area contributed by atoms with Gasteiger partial charge in [0.2, 0.25) is 0 Å². The van der Waals surface area contributed by atoms with Crippen molar-refractivity contribution in [3.05, 3.63) is 116 Å². The number of rotatable bonds is 16. The number of hydrogen-bond acceptors (Lipinski definition) is 14. The Balaban J connectivity index is 0.000000228. The summed E-state index contributed by atoms with van der Waals surface area (Å²) in [5, 5.41) is 18.3. The molecule has 4 aromatic carbocycles. The minimum Gasteiger partial charge on any atom is -0.468 e. The van der Waals surface area contributed by atoms with Crippen molar-refractivity contribution in [2.45, 2.75) is 90.9 Å². The Morgan fingerprint density at radius 2 is 0.943 bits per heavy atom. The molecule has 0 atom stereocenters. The zero-order valence-electron chi connectivity index (χ0n) is 41.1. The van der Waals surface area contributed by atoms with Crippen molar-refractivity contribution in [2.75, 3.05) is 55.6 Å². The number of carbonyl (C=O) groups excluding carboxylic acids is 4. The molecule has 0 aliphatic heterocycles. The van der Waals surface area contributed by atoms with E-state index in [-0.39, 0.29) is 50.7 Å². The molecule has 2 saturated carbocycles. The fourth-order valence-corrected chi connectivity index (χ4v) is 10.3. The maximum absolute atomic E-state index is 9.14. The number of aryl methyl sites for hydroxylation is 2. The van der Waals surface area contributed by atoms with Gasteiger partial charge in [0.05, 0.1) is 0 Å². The second kappa shape index (κ2) is 31.1. The lowest BCUT2D eigenvalue weighted by Crippen LogP contribution is -2.31. The molecule has 0 saturated heterocycles. The molecule has 70 heavy (non-hydrogen) atoms. The van der Waals surface area contributed by atoms with E-state index in [2.05, 4.69) is 72.2 Å². The molecule has 8 rings (SSSR count). The van der Waals surface area contributed by atoms with E-state index in [0.29, 0.717) is 11.7 Å². The lowest BCUT2D eigenvalue weighted by Gasteiger charge is -2.26. The van der Waals surface area contributed by atoms with Crippen LogP contribution in [0.3, 0.4) is 0 Å². The zero-order chi connectivity index (χ0) is 50.8. The number of allylic oxidation sites excluding steroid dienone is 4. The van der Waals surface area contributed by atoms with Crippen molar-refractivity contribution in [2.24, 2.45) is 11.8 Å². The molecule has 14 nitrogen and oxygen atoms in total. The van der Waals surface area contributed by atoms with E-state index in [4.69, 9.17) is 67.1 Å². The molecular formula is C54H66BBrO14. The minimum atomic E-state index is -1.61. The lowest BCUT2D eigenvalue weighted by atomic mass is 9.79. The van der Waals surface area contributed by atoms with E-state index in [1.807, 2.05) is 12.1 Å². The number of benzene rings is 4. The van der Waals surface area contributed by atoms with Crippen LogP contribution in [-0.4, -0.2) is 85.1 Å². The molecule has 0 bridgehead atoms. The van der Waals surface area contributed by atoms with Gasteiger partial charge in [-0.2, -0.15) is 19.2 Å². The third-order valence-corrected chi connectivity index (χ3v) is 13.1. The van der Waals surface area contributed by atoms with E-state index in [9.17, 15) is 0 Å². The van der Waals surface area contributed by atoms with Crippen LogP contribution in [0.2, 0.25) is 0 Å². The Kier molecular flexibility index (Phi) is 25.4. The predicted octanol–water partition coefficient (Wildman–Crippen LogP) is 9.41. The molecule has 0 aromatic heterocycles. The fraction of sp³-hybridized carbons (Fsp3) is 0.444. The lowest BCUT2D eigenvalue weighted by molar-refractivity contribution is -0.193. The molecule has 0 heterocycles. The van der Waals surface area contributed by atoms with Gasteiger partial charge in [0, 0.05) is 62.5 Å². The molecule has 4 aromatic rings. The number of hydrogen-bond donors (Lipinski definition) is 2.